The Morgan fingerprint density at radius 3 is 2.15 bits per heavy atom. The topological polar surface area (TPSA) is 103 Å². The second kappa shape index (κ2) is 14.9. The molecule has 1 aromatic heterocycles. The predicted octanol–water partition coefficient (Wildman–Crippen LogP) is 9.30. The van der Waals surface area contributed by atoms with Crippen LogP contribution in [0.2, 0.25) is 5.02 Å². The highest BCUT2D eigenvalue weighted by atomic mass is 79.9. The number of halogens is 3. The van der Waals surface area contributed by atoms with Crippen molar-refractivity contribution in [3.8, 4) is 17.0 Å². The summed E-state index contributed by atoms with van der Waals surface area (Å²) >= 11 is 13.8. The summed E-state index contributed by atoms with van der Waals surface area (Å²) in [6.45, 7) is 3.75. The van der Waals surface area contributed by atoms with E-state index in [1.54, 1.807) is 73.7 Å². The van der Waals surface area contributed by atoms with Crippen LogP contribution < -0.4 is 9.64 Å². The van der Waals surface area contributed by atoms with Gasteiger partial charge in [-0.15, -0.1) is 0 Å². The first-order valence-corrected chi connectivity index (χ1v) is 19.1. The van der Waals surface area contributed by atoms with Gasteiger partial charge >= 0.3 is 5.97 Å². The number of ether oxygens (including phenoxy) is 2. The van der Waals surface area contributed by atoms with Crippen molar-refractivity contribution < 1.29 is 28.7 Å². The van der Waals surface area contributed by atoms with Crippen LogP contribution in [0, 0.1) is 18.8 Å². The number of anilines is 1. The van der Waals surface area contributed by atoms with Crippen molar-refractivity contribution in [2.75, 3.05) is 4.90 Å². The molecule has 5 unspecified atom stereocenters. The summed E-state index contributed by atoms with van der Waals surface area (Å²) in [6, 6.07) is 28.5. The molecule has 1 aliphatic heterocycles. The van der Waals surface area contributed by atoms with Gasteiger partial charge < -0.3 is 9.47 Å². The number of benzene rings is 4. The quantitative estimate of drug-likeness (QED) is 0.0631. The zero-order chi connectivity index (χ0) is 36.7. The number of fused-ring (bicyclic) bond motifs is 2. The monoisotopic (exact) mass is 842 g/mol. The molecule has 2 amide bonds. The smallest absolute Gasteiger partial charge is 0.339 e. The van der Waals surface area contributed by atoms with Crippen molar-refractivity contribution in [1.82, 2.24) is 4.98 Å². The molecule has 1 aliphatic carbocycles. The first kappa shape index (κ1) is 36.0. The highest BCUT2D eigenvalue weighted by Crippen LogP contribution is 2.44. The van der Waals surface area contributed by atoms with Crippen LogP contribution in [0.3, 0.4) is 0 Å². The molecule has 4 aromatic carbocycles. The van der Waals surface area contributed by atoms with Gasteiger partial charge in [-0.1, -0.05) is 92.0 Å². The minimum absolute atomic E-state index is 0.114. The number of rotatable bonds is 9. The second-order valence-electron chi connectivity index (χ2n) is 13.1. The SMILES string of the molecule is Cc1c(Cl)ccc2c(C(=O)OC(C)C(=O)c3ccc(OCc4ccccc4)cc3)cc(-c3ccc(N4C(=O)C5CC(Br)C(Br)CC5C4=O)cc3)nc12. The van der Waals surface area contributed by atoms with E-state index >= 15 is 0 Å². The Morgan fingerprint density at radius 1 is 0.885 bits per heavy atom. The summed E-state index contributed by atoms with van der Waals surface area (Å²) in [5.41, 5.74) is 4.39. The van der Waals surface area contributed by atoms with E-state index in [2.05, 4.69) is 31.9 Å². The van der Waals surface area contributed by atoms with Gasteiger partial charge in [-0.3, -0.25) is 19.3 Å². The third-order valence-corrected chi connectivity index (χ3v) is 12.9. The van der Waals surface area contributed by atoms with Crippen molar-refractivity contribution in [3.63, 3.8) is 0 Å². The van der Waals surface area contributed by atoms with E-state index in [9.17, 15) is 19.2 Å². The number of carbonyl (C=O) groups is 4. The molecule has 2 heterocycles. The number of aryl methyl sites for hydroxylation is 1. The maximum atomic E-state index is 13.8. The molecule has 264 valence electrons. The molecular weight excluding hydrogens is 812 g/mol. The fourth-order valence-electron chi connectivity index (χ4n) is 6.82. The van der Waals surface area contributed by atoms with E-state index in [0.717, 1.165) is 5.56 Å². The van der Waals surface area contributed by atoms with Gasteiger partial charge in [0, 0.05) is 31.2 Å². The summed E-state index contributed by atoms with van der Waals surface area (Å²) in [5, 5.41) is 1.01. The maximum Gasteiger partial charge on any atom is 0.339 e. The van der Waals surface area contributed by atoms with Gasteiger partial charge in [0.2, 0.25) is 17.6 Å². The van der Waals surface area contributed by atoms with E-state index in [0.29, 0.717) is 69.2 Å². The number of amides is 2. The number of hydrogen-bond acceptors (Lipinski definition) is 7. The number of nitrogens with zero attached hydrogens (tertiary/aromatic N) is 2. The summed E-state index contributed by atoms with van der Waals surface area (Å²) in [6.07, 6.45) is 0.0893. The van der Waals surface area contributed by atoms with Crippen LogP contribution in [0.4, 0.5) is 5.69 Å². The largest absolute Gasteiger partial charge is 0.489 e. The lowest BCUT2D eigenvalue weighted by Crippen LogP contribution is -2.34. The number of Topliss-reactive ketones (excluding diaryl/α,β-unsaturated/α-hetero) is 1. The molecule has 52 heavy (non-hydrogen) atoms. The van der Waals surface area contributed by atoms with Crippen LogP contribution in [0.25, 0.3) is 22.2 Å². The molecule has 1 saturated carbocycles. The third kappa shape index (κ3) is 7.04. The summed E-state index contributed by atoms with van der Waals surface area (Å²) in [5.74, 6) is -1.55. The van der Waals surface area contributed by atoms with Crippen LogP contribution in [-0.2, 0) is 20.9 Å². The Hall–Kier alpha value is -4.38. The highest BCUT2D eigenvalue weighted by molar-refractivity contribution is 9.12. The molecule has 5 aromatic rings. The maximum absolute atomic E-state index is 13.8. The molecule has 0 radical (unpaired) electrons. The normalized spacial score (nSPS) is 20.4. The Balaban J connectivity index is 1.11. The number of carbonyl (C=O) groups excluding carboxylic acids is 4. The Kier molecular flexibility index (Phi) is 10.3. The predicted molar refractivity (Wildman–Crippen MR) is 207 cm³/mol. The molecule has 2 aliphatic rings. The number of aromatic nitrogens is 1. The first-order chi connectivity index (χ1) is 25.0. The van der Waals surface area contributed by atoms with Gasteiger partial charge in [0.15, 0.2) is 6.10 Å². The lowest BCUT2D eigenvalue weighted by atomic mass is 9.81. The number of hydrogen-bond donors (Lipinski definition) is 0. The van der Waals surface area contributed by atoms with E-state index in [1.165, 1.54) is 4.90 Å². The standard InChI is InChI=1S/C41H33Br2ClN2O6/c1-22-35(44)17-16-29-32(41(50)52-23(2)38(47)26-10-14-28(15-11-26)51-21-24-6-4-3-5-7-24)20-36(45-37(22)29)25-8-12-27(13-9-25)46-39(48)30-18-33(42)34(43)19-31(30)40(46)49/h3-17,20,23,30-31,33-34H,18-19,21H2,1-2H3. The van der Waals surface area contributed by atoms with Gasteiger partial charge in [-0.05, 0) is 86.3 Å². The summed E-state index contributed by atoms with van der Waals surface area (Å²) in [4.78, 5) is 60.3. The van der Waals surface area contributed by atoms with E-state index < -0.39 is 12.1 Å². The van der Waals surface area contributed by atoms with Crippen molar-refractivity contribution in [2.24, 2.45) is 11.8 Å². The minimum atomic E-state index is -1.08. The molecule has 11 heteroatoms. The lowest BCUT2D eigenvalue weighted by Gasteiger charge is -2.29. The molecule has 0 N–H and O–H groups in total. The minimum Gasteiger partial charge on any atom is -0.489 e. The number of ketones is 1. The average molecular weight is 845 g/mol. The van der Waals surface area contributed by atoms with Crippen molar-refractivity contribution >= 4 is 83.6 Å². The van der Waals surface area contributed by atoms with Gasteiger partial charge in [0.05, 0.1) is 34.3 Å². The number of imide groups is 1. The van der Waals surface area contributed by atoms with Crippen molar-refractivity contribution in [2.45, 2.75) is 49.1 Å². The van der Waals surface area contributed by atoms with E-state index in [4.69, 9.17) is 26.1 Å². The van der Waals surface area contributed by atoms with Crippen LogP contribution in [0.15, 0.2) is 97.1 Å². The van der Waals surface area contributed by atoms with Crippen LogP contribution >= 0.6 is 43.5 Å². The number of alkyl halides is 2. The zero-order valence-electron chi connectivity index (χ0n) is 28.2. The molecule has 8 nitrogen and oxygen atoms in total. The molecule has 0 spiro atoms. The fourth-order valence-corrected chi connectivity index (χ4v) is 8.21. The molecule has 2 fully saturated rings. The number of pyridine rings is 1. The molecule has 1 saturated heterocycles. The highest BCUT2D eigenvalue weighted by Gasteiger charge is 2.52. The first-order valence-electron chi connectivity index (χ1n) is 16.9. The van der Waals surface area contributed by atoms with E-state index in [1.807, 2.05) is 37.3 Å². The zero-order valence-corrected chi connectivity index (χ0v) is 32.2. The van der Waals surface area contributed by atoms with Gasteiger partial charge in [-0.2, -0.15) is 0 Å². The van der Waals surface area contributed by atoms with Crippen molar-refractivity contribution in [3.05, 3.63) is 124 Å². The molecule has 5 atom stereocenters. The number of esters is 1. The average Bonchev–Trinajstić information content (AvgIpc) is 3.39. The Bertz CT molecular complexity index is 2170. The summed E-state index contributed by atoms with van der Waals surface area (Å²) < 4.78 is 11.6. The van der Waals surface area contributed by atoms with Crippen LogP contribution in [0.5, 0.6) is 5.75 Å². The Morgan fingerprint density at radius 2 is 1.52 bits per heavy atom. The lowest BCUT2D eigenvalue weighted by molar-refractivity contribution is -0.122. The Labute approximate surface area is 322 Å². The van der Waals surface area contributed by atoms with Gasteiger partial charge in [0.25, 0.3) is 0 Å². The van der Waals surface area contributed by atoms with Crippen LogP contribution in [-0.4, -0.2) is 44.3 Å². The molecular formula is C41H33Br2ClN2O6. The third-order valence-electron chi connectivity index (χ3n) is 9.76. The van der Waals surface area contributed by atoms with Crippen molar-refractivity contribution in [1.29, 1.82) is 0 Å². The molecule has 7 rings (SSSR count). The van der Waals surface area contributed by atoms with Gasteiger partial charge in [-0.25, -0.2) is 9.78 Å². The van der Waals surface area contributed by atoms with Crippen LogP contribution in [0.1, 0.15) is 51.6 Å². The fraction of sp³-hybridized carbons (Fsp3) is 0.244. The molecule has 0 bridgehead atoms. The van der Waals surface area contributed by atoms with Gasteiger partial charge in [0.1, 0.15) is 12.4 Å². The van der Waals surface area contributed by atoms with E-state index in [-0.39, 0.29) is 44.7 Å². The second-order valence-corrected chi connectivity index (χ2v) is 15.9. The summed E-state index contributed by atoms with van der Waals surface area (Å²) in [7, 11) is 0.